The molecule has 0 amide bonds. The normalized spacial score (nSPS) is 11.5. The molecule has 0 aliphatic carbocycles. The fourth-order valence-electron chi connectivity index (χ4n) is 2.27. The lowest BCUT2D eigenvalue weighted by molar-refractivity contribution is 0.415. The molecular weight excluding hydrogens is 394 g/mol. The van der Waals surface area contributed by atoms with Crippen LogP contribution in [-0.2, 0) is 10.0 Å². The summed E-state index contributed by atoms with van der Waals surface area (Å²) in [5, 5.41) is 0. The van der Waals surface area contributed by atoms with Crippen LogP contribution >= 0.6 is 15.9 Å². The highest BCUT2D eigenvalue weighted by Gasteiger charge is 2.15. The molecule has 3 N–H and O–H groups in total. The molecule has 0 aliphatic rings. The Balaban J connectivity index is 2.47. The zero-order valence-electron chi connectivity index (χ0n) is 13.7. The highest BCUT2D eigenvalue weighted by atomic mass is 79.9. The molecule has 0 unspecified atom stereocenters. The van der Waals surface area contributed by atoms with Crippen LogP contribution in [0.25, 0.3) is 11.1 Å². The average molecular weight is 414 g/mol. The van der Waals surface area contributed by atoms with Crippen LogP contribution in [-0.4, -0.2) is 26.3 Å². The van der Waals surface area contributed by atoms with Crippen LogP contribution in [0.15, 0.2) is 34.9 Å². The molecule has 6 nitrogen and oxygen atoms in total. The van der Waals surface area contributed by atoms with E-state index in [4.69, 9.17) is 10.5 Å². The van der Waals surface area contributed by atoms with Crippen LogP contribution in [0.2, 0.25) is 0 Å². The summed E-state index contributed by atoms with van der Waals surface area (Å²) in [6.07, 6.45) is 1.60. The van der Waals surface area contributed by atoms with Crippen LogP contribution < -0.4 is 15.2 Å². The number of rotatable bonds is 6. The number of aromatic nitrogens is 1. The Hall–Kier alpha value is -1.80. The molecule has 0 aliphatic heterocycles. The molecule has 0 saturated heterocycles. The van der Waals surface area contributed by atoms with E-state index in [0.29, 0.717) is 28.4 Å². The summed E-state index contributed by atoms with van der Waals surface area (Å²) >= 11 is 3.36. The molecule has 0 spiro atoms. The van der Waals surface area contributed by atoms with E-state index in [1.165, 1.54) is 7.11 Å². The first kappa shape index (κ1) is 18.5. The average Bonchev–Trinajstić information content (AvgIpc) is 2.47. The molecule has 24 heavy (non-hydrogen) atoms. The summed E-state index contributed by atoms with van der Waals surface area (Å²) < 4.78 is 33.0. The molecule has 1 aromatic carbocycles. The number of ether oxygens (including phenoxy) is 1. The number of nitrogens with two attached hydrogens (primary N) is 1. The van der Waals surface area contributed by atoms with Crippen molar-refractivity contribution in [1.82, 2.24) is 4.98 Å². The molecule has 1 heterocycles. The molecule has 130 valence electrons. The summed E-state index contributed by atoms with van der Waals surface area (Å²) in [5.74, 6) is 0.939. The van der Waals surface area contributed by atoms with Crippen LogP contribution in [0.5, 0.6) is 5.75 Å². The third-order valence-corrected chi connectivity index (χ3v) is 5.25. The second-order valence-corrected chi connectivity index (χ2v) is 8.50. The van der Waals surface area contributed by atoms with Gasteiger partial charge in [-0.25, -0.2) is 13.4 Å². The number of pyridine rings is 1. The van der Waals surface area contributed by atoms with Gasteiger partial charge in [-0.05, 0) is 45.6 Å². The van der Waals surface area contributed by atoms with Gasteiger partial charge in [0.05, 0.1) is 18.6 Å². The zero-order valence-corrected chi connectivity index (χ0v) is 16.1. The molecule has 2 aromatic rings. The van der Waals surface area contributed by atoms with Gasteiger partial charge in [-0.1, -0.05) is 13.8 Å². The van der Waals surface area contributed by atoms with Gasteiger partial charge in [-0.15, -0.1) is 0 Å². The Morgan fingerprint density at radius 2 is 2.00 bits per heavy atom. The molecule has 0 fully saturated rings. The van der Waals surface area contributed by atoms with Crippen molar-refractivity contribution >= 4 is 37.5 Å². The predicted molar refractivity (Wildman–Crippen MR) is 101 cm³/mol. The second kappa shape index (κ2) is 7.40. The zero-order chi connectivity index (χ0) is 17.9. The van der Waals surface area contributed by atoms with Crippen molar-refractivity contribution in [3.63, 3.8) is 0 Å². The van der Waals surface area contributed by atoms with Gasteiger partial charge < -0.3 is 10.5 Å². The van der Waals surface area contributed by atoms with E-state index < -0.39 is 10.0 Å². The van der Waals surface area contributed by atoms with Crippen molar-refractivity contribution in [3.05, 3.63) is 34.9 Å². The summed E-state index contributed by atoms with van der Waals surface area (Å²) in [7, 11) is -1.92. The molecule has 0 radical (unpaired) electrons. The van der Waals surface area contributed by atoms with Gasteiger partial charge in [-0.3, -0.25) is 4.72 Å². The van der Waals surface area contributed by atoms with Crippen molar-refractivity contribution in [1.29, 1.82) is 0 Å². The van der Waals surface area contributed by atoms with Gasteiger partial charge in [0.15, 0.2) is 0 Å². The van der Waals surface area contributed by atoms with Crippen molar-refractivity contribution in [2.75, 3.05) is 23.3 Å². The molecule has 1 aromatic heterocycles. The number of benzene rings is 1. The minimum atomic E-state index is -3.44. The van der Waals surface area contributed by atoms with E-state index in [0.717, 1.165) is 4.47 Å². The molecule has 2 rings (SSSR count). The fourth-order valence-corrected chi connectivity index (χ4v) is 4.04. The van der Waals surface area contributed by atoms with Gasteiger partial charge in [0.2, 0.25) is 10.0 Å². The van der Waals surface area contributed by atoms with Crippen molar-refractivity contribution in [2.24, 2.45) is 5.92 Å². The number of hydrogen-bond donors (Lipinski definition) is 2. The van der Waals surface area contributed by atoms with Gasteiger partial charge in [0.1, 0.15) is 11.6 Å². The summed E-state index contributed by atoms with van der Waals surface area (Å²) in [5.41, 5.74) is 7.76. The standard InChI is InChI=1S/C16H20BrN3O3S/c1-10(2)9-24(21,22)20-13-4-11(5-14(7-13)23-3)15-6-12(17)8-19-16(15)18/h4-8,10,20H,9H2,1-3H3,(H2,18,19). The summed E-state index contributed by atoms with van der Waals surface area (Å²) in [4.78, 5) is 4.11. The van der Waals surface area contributed by atoms with Crippen LogP contribution in [0.1, 0.15) is 13.8 Å². The van der Waals surface area contributed by atoms with E-state index in [2.05, 4.69) is 25.6 Å². The Kier molecular flexibility index (Phi) is 5.71. The van der Waals surface area contributed by atoms with E-state index in [1.54, 1.807) is 24.4 Å². The van der Waals surface area contributed by atoms with Crippen LogP contribution in [0.3, 0.4) is 0 Å². The quantitative estimate of drug-likeness (QED) is 0.755. The second-order valence-electron chi connectivity index (χ2n) is 5.81. The number of nitrogen functional groups attached to an aromatic ring is 1. The fraction of sp³-hybridized carbons (Fsp3) is 0.312. The Labute approximate surface area is 150 Å². The Morgan fingerprint density at radius 1 is 1.29 bits per heavy atom. The highest BCUT2D eigenvalue weighted by Crippen LogP contribution is 2.33. The molecular formula is C16H20BrN3O3S. The number of methoxy groups -OCH3 is 1. The van der Waals surface area contributed by atoms with Crippen molar-refractivity contribution in [3.8, 4) is 16.9 Å². The van der Waals surface area contributed by atoms with E-state index >= 15 is 0 Å². The van der Waals surface area contributed by atoms with Crippen molar-refractivity contribution in [2.45, 2.75) is 13.8 Å². The highest BCUT2D eigenvalue weighted by molar-refractivity contribution is 9.10. The maximum Gasteiger partial charge on any atom is 0.232 e. The monoisotopic (exact) mass is 413 g/mol. The van der Waals surface area contributed by atoms with Gasteiger partial charge in [-0.2, -0.15) is 0 Å². The first-order chi connectivity index (χ1) is 11.2. The molecule has 8 heteroatoms. The SMILES string of the molecule is COc1cc(NS(=O)(=O)CC(C)C)cc(-c2cc(Br)cnc2N)c1. The van der Waals surface area contributed by atoms with Gasteiger partial charge in [0, 0.05) is 22.3 Å². The maximum atomic E-state index is 12.2. The molecule has 0 atom stereocenters. The van der Waals surface area contributed by atoms with Crippen molar-refractivity contribution < 1.29 is 13.2 Å². The number of anilines is 2. The Morgan fingerprint density at radius 3 is 2.62 bits per heavy atom. The minimum absolute atomic E-state index is 0.0255. The number of halogens is 1. The lowest BCUT2D eigenvalue weighted by Crippen LogP contribution is -2.20. The number of nitrogens with one attached hydrogen (secondary N) is 1. The van der Waals surface area contributed by atoms with E-state index in [9.17, 15) is 8.42 Å². The Bertz CT molecular complexity index is 838. The van der Waals surface area contributed by atoms with Gasteiger partial charge in [0.25, 0.3) is 0 Å². The number of hydrogen-bond acceptors (Lipinski definition) is 5. The van der Waals surface area contributed by atoms with E-state index in [1.807, 2.05) is 19.9 Å². The maximum absolute atomic E-state index is 12.2. The van der Waals surface area contributed by atoms with E-state index in [-0.39, 0.29) is 11.7 Å². The number of sulfonamides is 1. The molecule has 0 saturated carbocycles. The van der Waals surface area contributed by atoms with Gasteiger partial charge >= 0.3 is 0 Å². The third-order valence-electron chi connectivity index (χ3n) is 3.16. The molecule has 0 bridgehead atoms. The van der Waals surface area contributed by atoms with Crippen LogP contribution in [0.4, 0.5) is 11.5 Å². The summed E-state index contributed by atoms with van der Waals surface area (Å²) in [6.45, 7) is 3.70. The lowest BCUT2D eigenvalue weighted by Gasteiger charge is -2.14. The lowest BCUT2D eigenvalue weighted by atomic mass is 10.1. The minimum Gasteiger partial charge on any atom is -0.497 e. The smallest absolute Gasteiger partial charge is 0.232 e. The first-order valence-corrected chi connectivity index (χ1v) is 9.75. The third kappa shape index (κ3) is 4.85. The number of nitrogens with zero attached hydrogens (tertiary/aromatic N) is 1. The predicted octanol–water partition coefficient (Wildman–Crippen LogP) is 3.50. The largest absolute Gasteiger partial charge is 0.497 e. The topological polar surface area (TPSA) is 94.3 Å². The first-order valence-electron chi connectivity index (χ1n) is 7.31. The van der Waals surface area contributed by atoms with Crippen LogP contribution in [0, 0.1) is 5.92 Å². The summed E-state index contributed by atoms with van der Waals surface area (Å²) in [6, 6.07) is 6.94.